The van der Waals surface area contributed by atoms with Crippen LogP contribution in [-0.4, -0.2) is 15.0 Å². The minimum absolute atomic E-state index is 0.609. The monoisotopic (exact) mass is 761 g/mol. The predicted octanol–water partition coefficient (Wildman–Crippen LogP) is 12.2. The molecule has 4 nitrogen and oxygen atoms in total. The van der Waals surface area contributed by atoms with Crippen LogP contribution in [0.15, 0.2) is 218 Å². The van der Waals surface area contributed by atoms with Gasteiger partial charge in [-0.2, -0.15) is 0 Å². The van der Waals surface area contributed by atoms with Crippen molar-refractivity contribution in [3.05, 3.63) is 218 Å². The van der Waals surface area contributed by atoms with Crippen molar-refractivity contribution in [3.63, 3.8) is 0 Å². The predicted molar refractivity (Wildman–Crippen MR) is 241 cm³/mol. The first kappa shape index (κ1) is 35.2. The minimum atomic E-state index is -3.20. The Morgan fingerprint density at radius 1 is 0.276 bits per heavy atom. The third kappa shape index (κ3) is 6.30. The number of benzene rings is 9. The van der Waals surface area contributed by atoms with Crippen LogP contribution in [0.3, 0.4) is 0 Å². The Balaban J connectivity index is 1.16. The van der Waals surface area contributed by atoms with Gasteiger partial charge in [0.15, 0.2) is 24.6 Å². The summed E-state index contributed by atoms with van der Waals surface area (Å²) in [5.41, 5.74) is 7.08. The summed E-state index contributed by atoms with van der Waals surface area (Å²) in [5.74, 6) is 1.86. The lowest BCUT2D eigenvalue weighted by Crippen LogP contribution is -2.25. The first-order chi connectivity index (χ1) is 28.6. The standard InChI is InChI=1S/C53H36N3OP/c57-58(42-26-9-3-10-27-42,43-28-11-4-12-29-43)44-30-18-24-40(36-44)50-47-33-15-13-31-45(47)49(46-32-14-16-34-48(46)50)39-23-17-25-41(35-39)53-55-51(37-19-5-1-6-20-37)54-52(56-53)38-21-7-2-8-22-38/h1-36H. The topological polar surface area (TPSA) is 55.7 Å². The van der Waals surface area contributed by atoms with Gasteiger partial charge in [0.2, 0.25) is 0 Å². The van der Waals surface area contributed by atoms with E-state index in [0.29, 0.717) is 17.5 Å². The molecule has 274 valence electrons. The third-order valence-corrected chi connectivity index (χ3v) is 13.8. The molecule has 0 N–H and O–H groups in total. The van der Waals surface area contributed by atoms with E-state index in [9.17, 15) is 0 Å². The Kier molecular flexibility index (Phi) is 9.10. The van der Waals surface area contributed by atoms with Crippen molar-refractivity contribution in [2.24, 2.45) is 0 Å². The molecule has 0 bridgehead atoms. The molecule has 0 aliphatic rings. The summed E-state index contributed by atoms with van der Waals surface area (Å²) in [6.45, 7) is 0. The Hall–Kier alpha value is -7.26. The average Bonchev–Trinajstić information content (AvgIpc) is 3.31. The van der Waals surface area contributed by atoms with Crippen LogP contribution in [0.25, 0.3) is 78.0 Å². The van der Waals surface area contributed by atoms with Gasteiger partial charge >= 0.3 is 0 Å². The molecule has 1 aromatic heterocycles. The largest absolute Gasteiger partial charge is 0.309 e. The molecule has 1 heterocycles. The van der Waals surface area contributed by atoms with Gasteiger partial charge in [-0.1, -0.05) is 206 Å². The van der Waals surface area contributed by atoms with Gasteiger partial charge in [-0.15, -0.1) is 0 Å². The fraction of sp³-hybridized carbons (Fsp3) is 0. The smallest absolute Gasteiger partial charge is 0.171 e. The van der Waals surface area contributed by atoms with Crippen LogP contribution in [-0.2, 0) is 4.57 Å². The van der Waals surface area contributed by atoms with E-state index in [-0.39, 0.29) is 0 Å². The first-order valence-corrected chi connectivity index (χ1v) is 21.1. The number of hydrogen-bond donors (Lipinski definition) is 0. The molecule has 10 rings (SSSR count). The highest BCUT2D eigenvalue weighted by molar-refractivity contribution is 7.85. The fourth-order valence-electron chi connectivity index (χ4n) is 8.08. The van der Waals surface area contributed by atoms with Crippen LogP contribution in [0, 0.1) is 0 Å². The Bertz CT molecular complexity index is 2980. The summed E-state index contributed by atoms with van der Waals surface area (Å²) in [7, 11) is -3.20. The van der Waals surface area contributed by atoms with E-state index in [0.717, 1.165) is 76.4 Å². The average molecular weight is 762 g/mol. The van der Waals surface area contributed by atoms with Crippen molar-refractivity contribution in [3.8, 4) is 56.4 Å². The van der Waals surface area contributed by atoms with E-state index in [1.807, 2.05) is 133 Å². The van der Waals surface area contributed by atoms with Crippen molar-refractivity contribution in [1.29, 1.82) is 0 Å². The number of rotatable bonds is 8. The van der Waals surface area contributed by atoms with Crippen LogP contribution in [0.4, 0.5) is 0 Å². The summed E-state index contributed by atoms with van der Waals surface area (Å²) in [6.07, 6.45) is 0. The molecular weight excluding hydrogens is 726 g/mol. The van der Waals surface area contributed by atoms with Gasteiger partial charge in [0.05, 0.1) is 0 Å². The van der Waals surface area contributed by atoms with Crippen molar-refractivity contribution < 1.29 is 4.57 Å². The number of nitrogens with zero attached hydrogens (tertiary/aromatic N) is 3. The number of fused-ring (bicyclic) bond motifs is 2. The summed E-state index contributed by atoms with van der Waals surface area (Å²) < 4.78 is 15.5. The van der Waals surface area contributed by atoms with E-state index in [4.69, 9.17) is 15.0 Å². The molecule has 0 atom stereocenters. The van der Waals surface area contributed by atoms with Gasteiger partial charge in [-0.25, -0.2) is 15.0 Å². The molecule has 0 saturated heterocycles. The van der Waals surface area contributed by atoms with E-state index in [2.05, 4.69) is 84.9 Å². The summed E-state index contributed by atoms with van der Waals surface area (Å²) in [4.78, 5) is 15.0. The van der Waals surface area contributed by atoms with E-state index >= 15 is 4.57 Å². The fourth-order valence-corrected chi connectivity index (χ4v) is 10.8. The lowest BCUT2D eigenvalue weighted by Gasteiger charge is -2.22. The first-order valence-electron chi connectivity index (χ1n) is 19.4. The molecular formula is C53H36N3OP. The summed E-state index contributed by atoms with van der Waals surface area (Å²) in [5, 5.41) is 6.91. The van der Waals surface area contributed by atoms with Crippen LogP contribution in [0.5, 0.6) is 0 Å². The van der Waals surface area contributed by atoms with Gasteiger partial charge in [-0.3, -0.25) is 0 Å². The highest BCUT2D eigenvalue weighted by Gasteiger charge is 2.30. The molecule has 0 spiro atoms. The van der Waals surface area contributed by atoms with Gasteiger partial charge in [-0.05, 0) is 55.9 Å². The second kappa shape index (κ2) is 15.0. The zero-order valence-electron chi connectivity index (χ0n) is 31.5. The molecule has 0 unspecified atom stereocenters. The van der Waals surface area contributed by atoms with Crippen LogP contribution < -0.4 is 15.9 Å². The third-order valence-electron chi connectivity index (χ3n) is 10.8. The molecule has 0 aliphatic carbocycles. The normalized spacial score (nSPS) is 11.5. The number of aromatic nitrogens is 3. The van der Waals surface area contributed by atoms with Crippen LogP contribution >= 0.6 is 7.14 Å². The van der Waals surface area contributed by atoms with Crippen molar-refractivity contribution in [2.75, 3.05) is 0 Å². The second-order valence-corrected chi connectivity index (χ2v) is 17.1. The van der Waals surface area contributed by atoms with Crippen LogP contribution in [0.1, 0.15) is 0 Å². The minimum Gasteiger partial charge on any atom is -0.309 e. The van der Waals surface area contributed by atoms with E-state index in [1.165, 1.54) is 0 Å². The lowest BCUT2D eigenvalue weighted by atomic mass is 9.85. The Morgan fingerprint density at radius 2 is 0.586 bits per heavy atom. The lowest BCUT2D eigenvalue weighted by molar-refractivity contribution is 0.592. The highest BCUT2D eigenvalue weighted by Crippen LogP contribution is 2.46. The number of hydrogen-bond acceptors (Lipinski definition) is 4. The molecule has 9 aromatic carbocycles. The van der Waals surface area contributed by atoms with E-state index in [1.54, 1.807) is 0 Å². The molecule has 0 aliphatic heterocycles. The van der Waals surface area contributed by atoms with Gasteiger partial charge in [0.25, 0.3) is 0 Å². The summed E-state index contributed by atoms with van der Waals surface area (Å²) >= 11 is 0. The molecule has 0 saturated carbocycles. The molecule has 0 amide bonds. The van der Waals surface area contributed by atoms with Gasteiger partial charge in [0.1, 0.15) is 0 Å². The quantitative estimate of drug-likeness (QED) is 0.114. The SMILES string of the molecule is O=P(c1ccccc1)(c1ccccc1)c1cccc(-c2c3ccccc3c(-c3cccc(-c4nc(-c5ccccc5)nc(-c5ccccc5)n4)c3)c3ccccc23)c1. The molecule has 5 heteroatoms. The maximum absolute atomic E-state index is 15.5. The maximum Gasteiger partial charge on any atom is 0.171 e. The van der Waals surface area contributed by atoms with Crippen LogP contribution in [0.2, 0.25) is 0 Å². The van der Waals surface area contributed by atoms with Crippen molar-refractivity contribution in [1.82, 2.24) is 15.0 Å². The molecule has 0 fully saturated rings. The van der Waals surface area contributed by atoms with E-state index < -0.39 is 7.14 Å². The maximum atomic E-state index is 15.5. The zero-order chi connectivity index (χ0) is 38.9. The van der Waals surface area contributed by atoms with Gasteiger partial charge in [0, 0.05) is 32.6 Å². The summed E-state index contributed by atoms with van der Waals surface area (Å²) in [6, 6.07) is 74.0. The van der Waals surface area contributed by atoms with Crippen molar-refractivity contribution >= 4 is 44.6 Å². The molecule has 58 heavy (non-hydrogen) atoms. The molecule has 10 aromatic rings. The second-order valence-electron chi connectivity index (χ2n) is 14.3. The van der Waals surface area contributed by atoms with Gasteiger partial charge < -0.3 is 4.57 Å². The zero-order valence-corrected chi connectivity index (χ0v) is 32.4. The Morgan fingerprint density at radius 3 is 1.03 bits per heavy atom. The highest BCUT2D eigenvalue weighted by atomic mass is 31.2. The van der Waals surface area contributed by atoms with Crippen molar-refractivity contribution in [2.45, 2.75) is 0 Å². The Labute approximate surface area is 337 Å². The molecule has 0 radical (unpaired) electrons.